The molecule has 0 fully saturated rings. The lowest BCUT2D eigenvalue weighted by Crippen LogP contribution is -2.06. The molecule has 0 N–H and O–H groups in total. The molecular weight excluding hydrogens is 150 g/mol. The summed E-state index contributed by atoms with van der Waals surface area (Å²) in [6.45, 7) is 1.75. The van der Waals surface area contributed by atoms with Gasteiger partial charge in [0, 0.05) is 24.6 Å². The third-order valence-corrected chi connectivity index (χ3v) is 1.71. The highest BCUT2D eigenvalue weighted by atomic mass is 32.2. The van der Waals surface area contributed by atoms with Gasteiger partial charge in [0.15, 0.2) is 0 Å². The smallest absolute Gasteiger partial charge is 0.0318 e. The minimum atomic E-state index is 0.873. The molecule has 0 spiro atoms. The first kappa shape index (κ1) is 9.66. The number of thioether (sulfide) groups is 2. The van der Waals surface area contributed by atoms with E-state index in [1.54, 1.807) is 23.5 Å². The summed E-state index contributed by atoms with van der Waals surface area (Å²) in [6, 6.07) is 0. The summed E-state index contributed by atoms with van der Waals surface area (Å²) in [5.41, 5.74) is 0. The van der Waals surface area contributed by atoms with Gasteiger partial charge in [0.1, 0.15) is 0 Å². The van der Waals surface area contributed by atoms with Gasteiger partial charge in [-0.05, 0) is 12.5 Å². The van der Waals surface area contributed by atoms with Crippen molar-refractivity contribution in [3.63, 3.8) is 0 Å². The van der Waals surface area contributed by atoms with Crippen LogP contribution in [-0.4, -0.2) is 25.6 Å². The van der Waals surface area contributed by atoms with Crippen molar-refractivity contribution in [1.82, 2.24) is 5.32 Å². The van der Waals surface area contributed by atoms with Crippen LogP contribution in [0.3, 0.4) is 0 Å². The average Bonchev–Trinajstić information content (AvgIpc) is 1.89. The van der Waals surface area contributed by atoms with Gasteiger partial charge in [-0.25, -0.2) is 5.32 Å². The van der Waals surface area contributed by atoms with E-state index < -0.39 is 0 Å². The van der Waals surface area contributed by atoms with Crippen molar-refractivity contribution in [3.05, 3.63) is 11.5 Å². The second kappa shape index (κ2) is 8.66. The molecule has 9 heavy (non-hydrogen) atoms. The van der Waals surface area contributed by atoms with E-state index >= 15 is 0 Å². The van der Waals surface area contributed by atoms with Gasteiger partial charge in [-0.2, -0.15) is 23.5 Å². The average molecular weight is 162 g/mol. The van der Waals surface area contributed by atoms with Crippen molar-refractivity contribution < 1.29 is 0 Å². The van der Waals surface area contributed by atoms with E-state index in [1.165, 1.54) is 0 Å². The maximum Gasteiger partial charge on any atom is 0.0318 e. The molecule has 0 aromatic carbocycles. The molecule has 0 atom stereocenters. The highest BCUT2D eigenvalue weighted by Gasteiger charge is 1.86. The Morgan fingerprint density at radius 3 is 1.89 bits per heavy atom. The van der Waals surface area contributed by atoms with Gasteiger partial charge < -0.3 is 0 Å². The molecule has 0 amide bonds. The number of nitrogens with zero attached hydrogens (tertiary/aromatic N) is 1. The Balaban J connectivity index is 2.60. The van der Waals surface area contributed by atoms with E-state index in [1.807, 2.05) is 12.5 Å². The van der Waals surface area contributed by atoms with E-state index in [9.17, 15) is 0 Å². The fraction of sp³-hybridized carbons (Fsp3) is 0.667. The Labute approximate surface area is 66.4 Å². The van der Waals surface area contributed by atoms with E-state index in [-0.39, 0.29) is 0 Å². The van der Waals surface area contributed by atoms with Crippen molar-refractivity contribution in [2.24, 2.45) is 0 Å². The van der Waals surface area contributed by atoms with Gasteiger partial charge in [-0.15, -0.1) is 0 Å². The Hall–Kier alpha value is 0.660. The van der Waals surface area contributed by atoms with Crippen molar-refractivity contribution in [2.75, 3.05) is 25.6 Å². The molecule has 0 aromatic heterocycles. The molecular formula is C6H12NS2. The van der Waals surface area contributed by atoms with E-state index in [0.717, 1.165) is 13.1 Å². The second-order valence-corrected chi connectivity index (χ2v) is 3.00. The minimum Gasteiger partial charge on any atom is -0.239 e. The van der Waals surface area contributed by atoms with Crippen LogP contribution in [0.5, 0.6) is 0 Å². The molecule has 3 heteroatoms. The predicted molar refractivity (Wildman–Crippen MR) is 47.5 cm³/mol. The van der Waals surface area contributed by atoms with Gasteiger partial charge in [0.05, 0.1) is 0 Å². The van der Waals surface area contributed by atoms with Crippen LogP contribution in [0.2, 0.25) is 0 Å². The molecule has 0 aliphatic heterocycles. The molecule has 53 valence electrons. The summed E-state index contributed by atoms with van der Waals surface area (Å²) in [5, 5.41) is 4.20. The Morgan fingerprint density at radius 2 is 1.56 bits per heavy atom. The van der Waals surface area contributed by atoms with E-state index in [4.69, 9.17) is 0 Å². The molecule has 1 nitrogen and oxygen atoms in total. The van der Waals surface area contributed by atoms with Gasteiger partial charge in [0.2, 0.25) is 0 Å². The van der Waals surface area contributed by atoms with Crippen molar-refractivity contribution in [1.29, 1.82) is 0 Å². The van der Waals surface area contributed by atoms with Crippen LogP contribution in [-0.2, 0) is 0 Å². The van der Waals surface area contributed by atoms with Crippen LogP contribution >= 0.6 is 23.5 Å². The molecule has 0 heterocycles. The normalized spacial score (nSPS) is 10.0. The first-order valence-electron chi connectivity index (χ1n) is 2.74. The summed E-state index contributed by atoms with van der Waals surface area (Å²) in [6.07, 6.45) is 4.10. The molecule has 0 aromatic rings. The Kier molecular flexibility index (Phi) is 9.30. The molecule has 0 bridgehead atoms. The zero-order valence-corrected chi connectivity index (χ0v) is 7.47. The number of rotatable bonds is 6. The molecule has 0 saturated carbocycles. The van der Waals surface area contributed by atoms with E-state index in [2.05, 4.69) is 16.8 Å². The van der Waals surface area contributed by atoms with Crippen molar-refractivity contribution in [2.45, 2.75) is 0 Å². The zero-order valence-electron chi connectivity index (χ0n) is 5.83. The first-order valence-corrected chi connectivity index (χ1v) is 5.31. The maximum absolute atomic E-state index is 4.20. The van der Waals surface area contributed by atoms with Crippen LogP contribution in [0.25, 0.3) is 0 Å². The molecule has 0 saturated heterocycles. The van der Waals surface area contributed by atoms with Crippen molar-refractivity contribution in [3.8, 4) is 0 Å². The fourth-order valence-corrected chi connectivity index (χ4v) is 0.838. The van der Waals surface area contributed by atoms with Crippen molar-refractivity contribution >= 4 is 23.5 Å². The van der Waals surface area contributed by atoms with Crippen LogP contribution in [0, 0.1) is 11.5 Å². The SMILES string of the molecule is CS[CH]C[N]C[CH]SC. The number of hydrogen-bond acceptors (Lipinski definition) is 2. The largest absolute Gasteiger partial charge is 0.239 e. The third-order valence-electron chi connectivity index (χ3n) is 0.741. The monoisotopic (exact) mass is 162 g/mol. The van der Waals surface area contributed by atoms with Crippen LogP contribution in [0.1, 0.15) is 0 Å². The molecule has 0 aliphatic carbocycles. The lowest BCUT2D eigenvalue weighted by Gasteiger charge is -1.96. The quantitative estimate of drug-likeness (QED) is 0.551. The second-order valence-electron chi connectivity index (χ2n) is 1.39. The highest BCUT2D eigenvalue weighted by Crippen LogP contribution is 1.98. The third kappa shape index (κ3) is 8.66. The van der Waals surface area contributed by atoms with Crippen LogP contribution in [0.15, 0.2) is 0 Å². The predicted octanol–water partition coefficient (Wildman–Crippen LogP) is 1.64. The topological polar surface area (TPSA) is 14.1 Å². The summed E-state index contributed by atoms with van der Waals surface area (Å²) < 4.78 is 0. The Bertz CT molecular complexity index is 44.3. The lowest BCUT2D eigenvalue weighted by molar-refractivity contribution is 0.808. The summed E-state index contributed by atoms with van der Waals surface area (Å²) in [4.78, 5) is 0. The standard InChI is InChI=1S/C6H12NS2/c1-8-5-3-7-4-6-9-2/h5-6H,3-4H2,1-2H3. The zero-order chi connectivity index (χ0) is 6.95. The van der Waals surface area contributed by atoms with Gasteiger partial charge in [0.25, 0.3) is 0 Å². The summed E-state index contributed by atoms with van der Waals surface area (Å²) >= 11 is 3.44. The fourth-order valence-electron chi connectivity index (χ4n) is 0.329. The molecule has 0 aliphatic rings. The molecule has 0 unspecified atom stereocenters. The van der Waals surface area contributed by atoms with Gasteiger partial charge >= 0.3 is 0 Å². The van der Waals surface area contributed by atoms with Gasteiger partial charge in [-0.1, -0.05) is 0 Å². The van der Waals surface area contributed by atoms with Crippen LogP contribution in [0.4, 0.5) is 0 Å². The van der Waals surface area contributed by atoms with Crippen LogP contribution < -0.4 is 5.32 Å². The van der Waals surface area contributed by atoms with E-state index in [0.29, 0.717) is 0 Å². The number of hydrogen-bond donors (Lipinski definition) is 0. The van der Waals surface area contributed by atoms with Gasteiger partial charge in [-0.3, -0.25) is 0 Å². The molecule has 0 rings (SSSR count). The first-order chi connectivity index (χ1) is 4.41. The summed E-state index contributed by atoms with van der Waals surface area (Å²) in [7, 11) is 0. The maximum atomic E-state index is 4.20. The lowest BCUT2D eigenvalue weighted by atomic mass is 10.7. The Morgan fingerprint density at radius 1 is 1.11 bits per heavy atom. The summed E-state index contributed by atoms with van der Waals surface area (Å²) in [5.74, 6) is 4.18. The minimum absolute atomic E-state index is 0.873. The molecule has 3 radical (unpaired) electrons. The highest BCUT2D eigenvalue weighted by molar-refractivity contribution is 8.00.